The summed E-state index contributed by atoms with van der Waals surface area (Å²) in [5.74, 6) is 0.705. The van der Waals surface area contributed by atoms with Gasteiger partial charge in [-0.15, -0.1) is 0 Å². The van der Waals surface area contributed by atoms with Crippen molar-refractivity contribution in [3.8, 4) is 11.4 Å². The summed E-state index contributed by atoms with van der Waals surface area (Å²) >= 11 is 0. The van der Waals surface area contributed by atoms with Crippen molar-refractivity contribution in [3.05, 3.63) is 69.3 Å². The topological polar surface area (TPSA) is 78.2 Å². The van der Waals surface area contributed by atoms with E-state index in [1.807, 2.05) is 26.0 Å². The smallest absolute Gasteiger partial charge is 0.268 e. The normalized spacial score (nSPS) is 10.8. The minimum absolute atomic E-state index is 0.0920. The maximum atomic E-state index is 13.2. The second kappa shape index (κ2) is 7.72. The van der Waals surface area contributed by atoms with Gasteiger partial charge < -0.3 is 10.1 Å². The van der Waals surface area contributed by atoms with Gasteiger partial charge >= 0.3 is 0 Å². The maximum absolute atomic E-state index is 13.2. The van der Waals surface area contributed by atoms with Crippen LogP contribution in [0.4, 0.5) is 5.82 Å². The average molecular weight is 380 g/mol. The number of para-hydroxylation sites is 2. The van der Waals surface area contributed by atoms with E-state index in [-0.39, 0.29) is 5.56 Å². The second-order valence-electron chi connectivity index (χ2n) is 6.56. The highest BCUT2D eigenvalue weighted by Gasteiger charge is 2.21. The van der Waals surface area contributed by atoms with Crippen LogP contribution in [0.1, 0.15) is 34.1 Å². The van der Waals surface area contributed by atoms with Gasteiger partial charge in [0.1, 0.15) is 17.1 Å². The zero-order chi connectivity index (χ0) is 20.4. The zero-order valence-corrected chi connectivity index (χ0v) is 16.7. The number of amides is 1. The number of ether oxygens (including phenoxy) is 1. The molecular formula is C21H24N4O3. The van der Waals surface area contributed by atoms with Crippen molar-refractivity contribution >= 4 is 11.7 Å². The second-order valence-corrected chi connectivity index (χ2v) is 6.56. The standard InChI is InChI=1S/C21H24N4O3/c1-6-15-14(3)23-24(4)19(15)22-20(26)18-13(2)11-12-25(21(18)27)16-9-7-8-10-17(16)28-5/h7-12H,6H2,1-5H3,(H,22,26). The highest BCUT2D eigenvalue weighted by Crippen LogP contribution is 2.22. The molecule has 1 aromatic carbocycles. The monoisotopic (exact) mass is 380 g/mol. The summed E-state index contributed by atoms with van der Waals surface area (Å²) in [4.78, 5) is 26.2. The molecule has 2 aromatic heterocycles. The van der Waals surface area contributed by atoms with Gasteiger partial charge in [0.2, 0.25) is 0 Å². The molecule has 0 aliphatic rings. The molecule has 0 atom stereocenters. The molecule has 1 N–H and O–H groups in total. The van der Waals surface area contributed by atoms with Crippen LogP contribution < -0.4 is 15.6 Å². The van der Waals surface area contributed by atoms with E-state index in [1.165, 1.54) is 4.57 Å². The summed E-state index contributed by atoms with van der Waals surface area (Å²) in [6, 6.07) is 8.93. The molecule has 0 radical (unpaired) electrons. The van der Waals surface area contributed by atoms with Crippen LogP contribution in [0.3, 0.4) is 0 Å². The molecular weight excluding hydrogens is 356 g/mol. The lowest BCUT2D eigenvalue weighted by molar-refractivity contribution is 0.102. The number of aryl methyl sites for hydroxylation is 3. The Bertz CT molecular complexity index is 1100. The molecule has 0 saturated heterocycles. The van der Waals surface area contributed by atoms with E-state index >= 15 is 0 Å². The molecule has 0 unspecified atom stereocenters. The lowest BCUT2D eigenvalue weighted by atomic mass is 10.1. The van der Waals surface area contributed by atoms with Crippen molar-refractivity contribution < 1.29 is 9.53 Å². The van der Waals surface area contributed by atoms with Crippen molar-refractivity contribution in [3.63, 3.8) is 0 Å². The average Bonchev–Trinajstić information content (AvgIpc) is 2.94. The molecule has 0 aliphatic carbocycles. The first-order chi connectivity index (χ1) is 13.4. The van der Waals surface area contributed by atoms with E-state index in [2.05, 4.69) is 10.4 Å². The molecule has 1 amide bonds. The fourth-order valence-corrected chi connectivity index (χ4v) is 3.37. The van der Waals surface area contributed by atoms with E-state index in [0.717, 1.165) is 17.7 Å². The highest BCUT2D eigenvalue weighted by atomic mass is 16.5. The largest absolute Gasteiger partial charge is 0.495 e. The quantitative estimate of drug-likeness (QED) is 0.738. The molecule has 3 aromatic rings. The van der Waals surface area contributed by atoms with Gasteiger partial charge in [0.15, 0.2) is 0 Å². The number of nitrogens with zero attached hydrogens (tertiary/aromatic N) is 3. The van der Waals surface area contributed by atoms with Crippen LogP contribution in [0.25, 0.3) is 5.69 Å². The van der Waals surface area contributed by atoms with Gasteiger partial charge in [0, 0.05) is 18.8 Å². The molecule has 7 heteroatoms. The minimum Gasteiger partial charge on any atom is -0.495 e. The Morgan fingerprint density at radius 1 is 1.21 bits per heavy atom. The minimum atomic E-state index is -0.454. The SMILES string of the molecule is CCc1c(C)nn(C)c1NC(=O)c1c(C)ccn(-c2ccccc2OC)c1=O. The van der Waals surface area contributed by atoms with Gasteiger partial charge in [-0.3, -0.25) is 18.8 Å². The van der Waals surface area contributed by atoms with Crippen LogP contribution in [0.15, 0.2) is 41.3 Å². The van der Waals surface area contributed by atoms with Crippen molar-refractivity contribution in [2.24, 2.45) is 7.05 Å². The number of carbonyl (C=O) groups is 1. The van der Waals surface area contributed by atoms with Crippen LogP contribution >= 0.6 is 0 Å². The third-order valence-electron chi connectivity index (χ3n) is 4.80. The summed E-state index contributed by atoms with van der Waals surface area (Å²) < 4.78 is 8.41. The van der Waals surface area contributed by atoms with Crippen molar-refractivity contribution in [1.82, 2.24) is 14.3 Å². The zero-order valence-electron chi connectivity index (χ0n) is 16.7. The van der Waals surface area contributed by atoms with Crippen LogP contribution in [-0.4, -0.2) is 27.4 Å². The highest BCUT2D eigenvalue weighted by molar-refractivity contribution is 6.05. The molecule has 7 nitrogen and oxygen atoms in total. The first-order valence-corrected chi connectivity index (χ1v) is 9.08. The molecule has 2 heterocycles. The summed E-state index contributed by atoms with van der Waals surface area (Å²) in [6.45, 7) is 5.65. The number of methoxy groups -OCH3 is 1. The molecule has 0 saturated carbocycles. The molecule has 0 bridgehead atoms. The fourth-order valence-electron chi connectivity index (χ4n) is 3.37. The molecule has 0 aliphatic heterocycles. The van der Waals surface area contributed by atoms with Crippen LogP contribution in [0.2, 0.25) is 0 Å². The number of pyridine rings is 1. The Kier molecular flexibility index (Phi) is 5.35. The van der Waals surface area contributed by atoms with Gasteiger partial charge in [-0.05, 0) is 44.0 Å². The Morgan fingerprint density at radius 2 is 1.93 bits per heavy atom. The number of hydrogen-bond donors (Lipinski definition) is 1. The number of benzene rings is 1. The predicted octanol–water partition coefficient (Wildman–Crippen LogP) is 3.01. The van der Waals surface area contributed by atoms with Crippen molar-refractivity contribution in [2.45, 2.75) is 27.2 Å². The number of nitrogens with one attached hydrogen (secondary N) is 1. The summed E-state index contributed by atoms with van der Waals surface area (Å²) in [6.07, 6.45) is 2.38. The summed E-state index contributed by atoms with van der Waals surface area (Å²) in [7, 11) is 3.31. The Hall–Kier alpha value is -3.35. The molecule has 28 heavy (non-hydrogen) atoms. The van der Waals surface area contributed by atoms with E-state index in [1.54, 1.807) is 50.2 Å². The van der Waals surface area contributed by atoms with E-state index in [4.69, 9.17) is 4.74 Å². The number of carbonyl (C=O) groups excluding carboxylic acids is 1. The fraction of sp³-hybridized carbons (Fsp3) is 0.286. The molecule has 0 spiro atoms. The van der Waals surface area contributed by atoms with Crippen molar-refractivity contribution in [1.29, 1.82) is 0 Å². The number of aromatic nitrogens is 3. The third kappa shape index (κ3) is 3.31. The van der Waals surface area contributed by atoms with Gasteiger partial charge in [-0.1, -0.05) is 19.1 Å². The summed E-state index contributed by atoms with van der Waals surface area (Å²) in [5, 5.41) is 7.24. The van der Waals surface area contributed by atoms with Gasteiger partial charge in [0.05, 0.1) is 18.5 Å². The first kappa shape index (κ1) is 19.4. The summed E-state index contributed by atoms with van der Waals surface area (Å²) in [5.41, 5.74) is 2.68. The van der Waals surface area contributed by atoms with E-state index in [9.17, 15) is 9.59 Å². The number of rotatable bonds is 5. The van der Waals surface area contributed by atoms with E-state index < -0.39 is 11.5 Å². The van der Waals surface area contributed by atoms with Gasteiger partial charge in [0.25, 0.3) is 11.5 Å². The predicted molar refractivity (Wildman–Crippen MR) is 109 cm³/mol. The lowest BCUT2D eigenvalue weighted by Crippen LogP contribution is -2.30. The number of hydrogen-bond acceptors (Lipinski definition) is 4. The Balaban J connectivity index is 2.08. The van der Waals surface area contributed by atoms with Crippen LogP contribution in [-0.2, 0) is 13.5 Å². The molecule has 0 fully saturated rings. The third-order valence-corrected chi connectivity index (χ3v) is 4.80. The van der Waals surface area contributed by atoms with Crippen LogP contribution in [0.5, 0.6) is 5.75 Å². The lowest BCUT2D eigenvalue weighted by Gasteiger charge is -2.14. The number of anilines is 1. The first-order valence-electron chi connectivity index (χ1n) is 9.08. The van der Waals surface area contributed by atoms with E-state index in [0.29, 0.717) is 22.8 Å². The van der Waals surface area contributed by atoms with Crippen molar-refractivity contribution in [2.75, 3.05) is 12.4 Å². The Morgan fingerprint density at radius 3 is 2.61 bits per heavy atom. The Labute approximate surface area is 163 Å². The molecule has 146 valence electrons. The van der Waals surface area contributed by atoms with Gasteiger partial charge in [-0.2, -0.15) is 5.10 Å². The van der Waals surface area contributed by atoms with Crippen LogP contribution in [0, 0.1) is 13.8 Å². The maximum Gasteiger partial charge on any atom is 0.268 e. The van der Waals surface area contributed by atoms with Gasteiger partial charge in [-0.25, -0.2) is 0 Å². The molecule has 3 rings (SSSR count).